The summed E-state index contributed by atoms with van der Waals surface area (Å²) in [6, 6.07) is 8.71. The number of ether oxygens (including phenoxy) is 1. The highest BCUT2D eigenvalue weighted by Gasteiger charge is 2.18. The summed E-state index contributed by atoms with van der Waals surface area (Å²) < 4.78 is 7.01. The number of nitrogens with one attached hydrogen (secondary N) is 1. The molecule has 1 aromatic carbocycles. The zero-order valence-electron chi connectivity index (χ0n) is 11.5. The van der Waals surface area contributed by atoms with Gasteiger partial charge in [0.25, 0.3) is 0 Å². The lowest BCUT2D eigenvalue weighted by molar-refractivity contribution is 0.167. The maximum atomic E-state index is 5.83. The minimum atomic E-state index is 0.291. The maximum absolute atomic E-state index is 5.83. The van der Waals surface area contributed by atoms with Crippen molar-refractivity contribution in [2.75, 3.05) is 13.2 Å². The van der Waals surface area contributed by atoms with Crippen LogP contribution in [-0.2, 0) is 11.2 Å². The molecule has 1 aromatic rings. The van der Waals surface area contributed by atoms with E-state index in [-0.39, 0.29) is 0 Å². The molecule has 2 rings (SSSR count). The second-order valence-electron chi connectivity index (χ2n) is 4.90. The smallest absolute Gasteiger partial charge is 0.109 e. The Labute approximate surface area is 124 Å². The first-order valence-corrected chi connectivity index (χ1v) is 7.90. The van der Waals surface area contributed by atoms with Crippen molar-refractivity contribution in [2.45, 2.75) is 38.6 Å². The van der Waals surface area contributed by atoms with E-state index in [1.807, 2.05) is 0 Å². The minimum Gasteiger partial charge on any atom is -0.497 e. The van der Waals surface area contributed by atoms with Crippen molar-refractivity contribution < 1.29 is 4.74 Å². The molecule has 1 aliphatic rings. The zero-order valence-corrected chi connectivity index (χ0v) is 13.1. The Hall–Kier alpha value is -0.800. The number of allylic oxidation sites excluding steroid dienone is 1. The van der Waals surface area contributed by atoms with Crippen molar-refractivity contribution in [1.29, 1.82) is 0 Å². The van der Waals surface area contributed by atoms with E-state index in [0.29, 0.717) is 6.04 Å². The molecular weight excluding hydrogens is 302 g/mol. The summed E-state index contributed by atoms with van der Waals surface area (Å²) in [5.41, 5.74) is 1.33. The van der Waals surface area contributed by atoms with Gasteiger partial charge in [-0.25, -0.2) is 0 Å². The van der Waals surface area contributed by atoms with Crippen LogP contribution in [0.3, 0.4) is 0 Å². The normalized spacial score (nSPS) is 16.6. The number of halogens is 1. The Morgan fingerprint density at radius 2 is 2.21 bits per heavy atom. The average molecular weight is 324 g/mol. The molecule has 1 aliphatic heterocycles. The van der Waals surface area contributed by atoms with Crippen molar-refractivity contribution in [1.82, 2.24) is 5.32 Å². The predicted octanol–water partition coefficient (Wildman–Crippen LogP) is 4.05. The quantitative estimate of drug-likeness (QED) is 0.852. The van der Waals surface area contributed by atoms with Gasteiger partial charge in [0.1, 0.15) is 5.76 Å². The molecule has 1 heterocycles. The van der Waals surface area contributed by atoms with E-state index >= 15 is 0 Å². The molecule has 1 atom stereocenters. The molecule has 0 amide bonds. The SMILES string of the molecule is CCCNC(Cc1ccccc1Br)C1=CCCCO1. The average Bonchev–Trinajstić information content (AvgIpc) is 2.46. The summed E-state index contributed by atoms with van der Waals surface area (Å²) in [6.45, 7) is 4.07. The lowest BCUT2D eigenvalue weighted by atomic mass is 10.0. The van der Waals surface area contributed by atoms with Crippen molar-refractivity contribution in [2.24, 2.45) is 0 Å². The number of benzene rings is 1. The van der Waals surface area contributed by atoms with Gasteiger partial charge >= 0.3 is 0 Å². The molecule has 1 N–H and O–H groups in total. The molecule has 3 heteroatoms. The number of hydrogen-bond acceptors (Lipinski definition) is 2. The summed E-state index contributed by atoms with van der Waals surface area (Å²) in [7, 11) is 0. The van der Waals surface area contributed by atoms with E-state index in [1.165, 1.54) is 10.0 Å². The fourth-order valence-electron chi connectivity index (χ4n) is 2.30. The Balaban J connectivity index is 2.09. The van der Waals surface area contributed by atoms with Crippen LogP contribution in [-0.4, -0.2) is 19.2 Å². The van der Waals surface area contributed by atoms with E-state index in [9.17, 15) is 0 Å². The highest BCUT2D eigenvalue weighted by molar-refractivity contribution is 9.10. The van der Waals surface area contributed by atoms with Crippen LogP contribution in [0.2, 0.25) is 0 Å². The zero-order chi connectivity index (χ0) is 13.5. The fourth-order valence-corrected chi connectivity index (χ4v) is 2.74. The molecule has 0 saturated heterocycles. The second-order valence-corrected chi connectivity index (χ2v) is 5.75. The van der Waals surface area contributed by atoms with Crippen molar-refractivity contribution in [3.63, 3.8) is 0 Å². The Morgan fingerprint density at radius 1 is 1.37 bits per heavy atom. The van der Waals surface area contributed by atoms with Gasteiger partial charge in [-0.1, -0.05) is 41.1 Å². The van der Waals surface area contributed by atoms with Crippen molar-refractivity contribution in [3.8, 4) is 0 Å². The molecule has 0 fully saturated rings. The molecule has 0 aromatic heterocycles. The predicted molar refractivity (Wildman–Crippen MR) is 83.2 cm³/mol. The van der Waals surface area contributed by atoms with Crippen LogP contribution in [0.5, 0.6) is 0 Å². The van der Waals surface area contributed by atoms with E-state index in [2.05, 4.69) is 58.5 Å². The van der Waals surface area contributed by atoms with Crippen molar-refractivity contribution in [3.05, 3.63) is 46.1 Å². The first kappa shape index (κ1) is 14.6. The Kier molecular flexibility index (Phi) is 5.93. The van der Waals surface area contributed by atoms with Gasteiger partial charge in [0, 0.05) is 4.47 Å². The molecule has 0 saturated carbocycles. The van der Waals surface area contributed by atoms with Gasteiger partial charge in [0.2, 0.25) is 0 Å². The van der Waals surface area contributed by atoms with Crippen LogP contribution in [0.1, 0.15) is 31.7 Å². The molecule has 1 unspecified atom stereocenters. The highest BCUT2D eigenvalue weighted by atomic mass is 79.9. The van der Waals surface area contributed by atoms with Crippen molar-refractivity contribution >= 4 is 15.9 Å². The van der Waals surface area contributed by atoms with Crippen LogP contribution in [0.4, 0.5) is 0 Å². The topological polar surface area (TPSA) is 21.3 Å². The Bertz CT molecular complexity index is 431. The van der Waals surface area contributed by atoms with Gasteiger partial charge < -0.3 is 10.1 Å². The van der Waals surface area contributed by atoms with Crippen LogP contribution in [0.15, 0.2) is 40.6 Å². The molecule has 104 valence electrons. The van der Waals surface area contributed by atoms with Crippen LogP contribution in [0, 0.1) is 0 Å². The molecule has 2 nitrogen and oxygen atoms in total. The van der Waals surface area contributed by atoms with Gasteiger partial charge in [-0.2, -0.15) is 0 Å². The third kappa shape index (κ3) is 4.36. The third-order valence-corrected chi connectivity index (χ3v) is 4.10. The van der Waals surface area contributed by atoms with Gasteiger partial charge in [0.05, 0.1) is 12.6 Å². The van der Waals surface area contributed by atoms with Gasteiger partial charge in [-0.3, -0.25) is 0 Å². The maximum Gasteiger partial charge on any atom is 0.109 e. The van der Waals surface area contributed by atoms with Crippen LogP contribution >= 0.6 is 15.9 Å². The third-order valence-electron chi connectivity index (χ3n) is 3.33. The lowest BCUT2D eigenvalue weighted by Gasteiger charge is -2.25. The molecule has 19 heavy (non-hydrogen) atoms. The Morgan fingerprint density at radius 3 is 2.89 bits per heavy atom. The second kappa shape index (κ2) is 7.71. The molecule has 0 bridgehead atoms. The number of rotatable bonds is 6. The summed E-state index contributed by atoms with van der Waals surface area (Å²) in [4.78, 5) is 0. The fraction of sp³-hybridized carbons (Fsp3) is 0.500. The lowest BCUT2D eigenvalue weighted by Crippen LogP contribution is -2.35. The first-order chi connectivity index (χ1) is 9.31. The monoisotopic (exact) mass is 323 g/mol. The molecular formula is C16H22BrNO. The molecule has 0 radical (unpaired) electrons. The van der Waals surface area contributed by atoms with Crippen LogP contribution in [0.25, 0.3) is 0 Å². The summed E-state index contributed by atoms with van der Waals surface area (Å²) >= 11 is 3.63. The van der Waals surface area contributed by atoms with E-state index in [4.69, 9.17) is 4.74 Å². The standard InChI is InChI=1S/C16H22BrNO/c1-2-10-18-15(16-9-5-6-11-19-16)12-13-7-3-4-8-14(13)17/h3-4,7-9,15,18H,2,5-6,10-12H2,1H3. The number of hydrogen-bond donors (Lipinski definition) is 1. The van der Waals surface area contributed by atoms with Gasteiger partial charge in [-0.15, -0.1) is 0 Å². The van der Waals surface area contributed by atoms with Gasteiger partial charge in [0.15, 0.2) is 0 Å². The summed E-state index contributed by atoms with van der Waals surface area (Å²) in [6.07, 6.45) is 6.62. The molecule has 0 spiro atoms. The molecule has 0 aliphatic carbocycles. The summed E-state index contributed by atoms with van der Waals surface area (Å²) in [5, 5.41) is 3.60. The largest absolute Gasteiger partial charge is 0.497 e. The summed E-state index contributed by atoms with van der Waals surface area (Å²) in [5.74, 6) is 1.12. The van der Waals surface area contributed by atoms with E-state index in [0.717, 1.165) is 44.6 Å². The van der Waals surface area contributed by atoms with Gasteiger partial charge in [-0.05, 0) is 49.9 Å². The highest BCUT2D eigenvalue weighted by Crippen LogP contribution is 2.22. The first-order valence-electron chi connectivity index (χ1n) is 7.11. The minimum absolute atomic E-state index is 0.291. The van der Waals surface area contributed by atoms with E-state index < -0.39 is 0 Å². The van der Waals surface area contributed by atoms with E-state index in [1.54, 1.807) is 0 Å². The van der Waals surface area contributed by atoms with Crippen LogP contribution < -0.4 is 5.32 Å².